The number of rotatable bonds is 5. The summed E-state index contributed by atoms with van der Waals surface area (Å²) in [6.45, 7) is 11.5. The van der Waals surface area contributed by atoms with Crippen LogP contribution < -0.4 is 16.2 Å². The lowest BCUT2D eigenvalue weighted by molar-refractivity contribution is -0.108. The molecule has 6 atom stereocenters. The number of aryl methyl sites for hydroxylation is 3. The third kappa shape index (κ3) is 4.64. The van der Waals surface area contributed by atoms with Gasteiger partial charge in [0.15, 0.2) is 5.96 Å². The first-order valence-electron chi connectivity index (χ1n) is 15.3. The van der Waals surface area contributed by atoms with E-state index in [-0.39, 0.29) is 11.4 Å². The number of aromatic nitrogens is 2. The van der Waals surface area contributed by atoms with Crippen LogP contribution >= 0.6 is 0 Å². The van der Waals surface area contributed by atoms with E-state index in [1.54, 1.807) is 17.0 Å². The molecule has 0 amide bonds. The van der Waals surface area contributed by atoms with E-state index in [0.29, 0.717) is 58.9 Å². The number of piperazine rings is 1. The van der Waals surface area contributed by atoms with Crippen molar-refractivity contribution in [2.45, 2.75) is 78.0 Å². The van der Waals surface area contributed by atoms with Crippen molar-refractivity contribution in [1.82, 2.24) is 19.8 Å². The molecule has 2 N–H and O–H groups in total. The summed E-state index contributed by atoms with van der Waals surface area (Å²) >= 11 is 0. The molecule has 4 bridgehead atoms. The first-order valence-corrected chi connectivity index (χ1v) is 15.3. The van der Waals surface area contributed by atoms with Crippen LogP contribution in [0, 0.1) is 35.9 Å². The molecule has 0 unspecified atom stereocenters. The molecule has 1 aromatic heterocycles. The second-order valence-corrected chi connectivity index (χ2v) is 13.6. The summed E-state index contributed by atoms with van der Waals surface area (Å²) in [6.07, 6.45) is 5.67. The van der Waals surface area contributed by atoms with Gasteiger partial charge >= 0.3 is 0 Å². The minimum Gasteiger partial charge on any atom is -0.337 e. The van der Waals surface area contributed by atoms with E-state index >= 15 is 0 Å². The van der Waals surface area contributed by atoms with E-state index in [4.69, 9.17) is 4.99 Å². The number of nitrogens with zero attached hydrogens (tertiary/aromatic N) is 4. The Bertz CT molecular complexity index is 1580. The predicted octanol–water partition coefficient (Wildman–Crippen LogP) is 4.97. The van der Waals surface area contributed by atoms with Gasteiger partial charge in [0.2, 0.25) is 0 Å². The van der Waals surface area contributed by atoms with Crippen molar-refractivity contribution < 1.29 is 4.39 Å². The normalized spacial score (nSPS) is 30.1. The van der Waals surface area contributed by atoms with Crippen LogP contribution in [-0.2, 0) is 13.0 Å². The van der Waals surface area contributed by atoms with Crippen molar-refractivity contribution in [2.75, 3.05) is 18.4 Å². The van der Waals surface area contributed by atoms with Gasteiger partial charge in [-0.2, -0.15) is 0 Å². The monoisotopic (exact) mass is 556 g/mol. The molecule has 3 saturated carbocycles. The summed E-state index contributed by atoms with van der Waals surface area (Å²) in [5.41, 5.74) is 3.36. The highest BCUT2D eigenvalue weighted by atomic mass is 19.1. The van der Waals surface area contributed by atoms with Crippen LogP contribution in [0.5, 0.6) is 0 Å². The maximum Gasteiger partial charge on any atom is 0.261 e. The summed E-state index contributed by atoms with van der Waals surface area (Å²) in [4.78, 5) is 25.8. The van der Waals surface area contributed by atoms with Crippen molar-refractivity contribution in [1.29, 1.82) is 0 Å². The van der Waals surface area contributed by atoms with Gasteiger partial charge in [0.05, 0.1) is 23.3 Å². The number of aliphatic imine (C=N–C) groups is 1. The number of anilines is 1. The molecule has 5 aliphatic rings. The fraction of sp³-hybridized carbons (Fsp3) is 0.545. The Kier molecular flexibility index (Phi) is 6.45. The fourth-order valence-electron chi connectivity index (χ4n) is 8.07. The molecule has 2 aromatic carbocycles. The third-order valence-electron chi connectivity index (χ3n) is 10.8. The standard InChI is InChI=1S/C33H41FN6O/c1-19-5-6-21(28(34)11-19)9-10-39-18-36-30-15-23(7-8-26(30)31(39)41)37-32(40-17-24-14-25(40)16-35-24)38-29-13-22-12-27(20(29)2)33(22,3)4/h5-8,11,15,18,20,22,24-25,27,29,35H,9-10,12-14,16-17H2,1-4H3,(H,37,38)/t20-,22-,24+,25-,27-,29+/m1/s1. The highest BCUT2D eigenvalue weighted by molar-refractivity contribution is 5.96. The number of hydrogen-bond acceptors (Lipinski definition) is 4. The molecule has 8 heteroatoms. The Labute approximate surface area is 241 Å². The van der Waals surface area contributed by atoms with Crippen molar-refractivity contribution in [2.24, 2.45) is 28.2 Å². The second-order valence-electron chi connectivity index (χ2n) is 13.6. The molecule has 3 aliphatic carbocycles. The van der Waals surface area contributed by atoms with Gasteiger partial charge in [-0.05, 0) is 91.2 Å². The van der Waals surface area contributed by atoms with Gasteiger partial charge in [-0.3, -0.25) is 9.36 Å². The third-order valence-corrected chi connectivity index (χ3v) is 10.8. The first-order chi connectivity index (χ1) is 19.7. The predicted molar refractivity (Wildman–Crippen MR) is 162 cm³/mol. The number of likely N-dealkylation sites (tertiary alicyclic amines) is 1. The van der Waals surface area contributed by atoms with Gasteiger partial charge in [-0.1, -0.05) is 32.9 Å². The maximum absolute atomic E-state index is 14.3. The zero-order valence-corrected chi connectivity index (χ0v) is 24.5. The molecular formula is C33H41FN6O. The van der Waals surface area contributed by atoms with E-state index < -0.39 is 0 Å². The van der Waals surface area contributed by atoms with Gasteiger partial charge in [-0.15, -0.1) is 0 Å². The molecule has 41 heavy (non-hydrogen) atoms. The van der Waals surface area contributed by atoms with Crippen molar-refractivity contribution in [3.8, 4) is 0 Å². The number of halogens is 1. The van der Waals surface area contributed by atoms with Gasteiger partial charge in [0.1, 0.15) is 5.82 Å². The van der Waals surface area contributed by atoms with Crippen LogP contribution in [-0.4, -0.2) is 51.6 Å². The highest BCUT2D eigenvalue weighted by Gasteiger charge is 2.56. The zero-order valence-electron chi connectivity index (χ0n) is 24.5. The van der Waals surface area contributed by atoms with Gasteiger partial charge in [-0.25, -0.2) is 14.4 Å². The van der Waals surface area contributed by atoms with E-state index in [2.05, 4.69) is 41.3 Å². The largest absolute Gasteiger partial charge is 0.337 e. The Morgan fingerprint density at radius 2 is 2.05 bits per heavy atom. The quantitative estimate of drug-likeness (QED) is 0.343. The Morgan fingerprint density at radius 1 is 1.20 bits per heavy atom. The molecule has 3 aromatic rings. The molecule has 216 valence electrons. The summed E-state index contributed by atoms with van der Waals surface area (Å²) in [5.74, 6) is 2.79. The summed E-state index contributed by atoms with van der Waals surface area (Å²) in [6, 6.07) is 12.3. The fourth-order valence-corrected chi connectivity index (χ4v) is 8.07. The smallest absolute Gasteiger partial charge is 0.261 e. The van der Waals surface area contributed by atoms with E-state index in [1.165, 1.54) is 12.5 Å². The zero-order chi connectivity index (χ0) is 28.5. The lowest BCUT2D eigenvalue weighted by atomic mass is 9.45. The second kappa shape index (κ2) is 9.93. The van der Waals surface area contributed by atoms with Crippen LogP contribution in [0.3, 0.4) is 0 Å². The van der Waals surface area contributed by atoms with Crippen LogP contribution in [0.25, 0.3) is 10.9 Å². The average Bonchev–Trinajstić information content (AvgIpc) is 3.58. The summed E-state index contributed by atoms with van der Waals surface area (Å²) in [7, 11) is 0. The van der Waals surface area contributed by atoms with Crippen LogP contribution in [0.1, 0.15) is 51.2 Å². The Balaban J connectivity index is 1.13. The van der Waals surface area contributed by atoms with E-state index in [1.807, 2.05) is 31.2 Å². The number of benzene rings is 2. The van der Waals surface area contributed by atoms with Crippen LogP contribution in [0.15, 0.2) is 52.5 Å². The molecule has 5 fully saturated rings. The topological polar surface area (TPSA) is 74.6 Å². The highest BCUT2D eigenvalue weighted by Crippen LogP contribution is 2.61. The van der Waals surface area contributed by atoms with Crippen LogP contribution in [0.4, 0.5) is 10.1 Å². The molecule has 0 spiro atoms. The lowest BCUT2D eigenvalue weighted by Crippen LogP contribution is -2.57. The molecule has 3 heterocycles. The molecular weight excluding hydrogens is 515 g/mol. The number of fused-ring (bicyclic) bond motifs is 5. The maximum atomic E-state index is 14.3. The molecule has 0 radical (unpaired) electrons. The summed E-state index contributed by atoms with van der Waals surface area (Å²) < 4.78 is 15.9. The molecule has 2 aliphatic heterocycles. The van der Waals surface area contributed by atoms with Crippen LogP contribution in [0.2, 0.25) is 0 Å². The Morgan fingerprint density at radius 3 is 2.76 bits per heavy atom. The first kappa shape index (κ1) is 26.6. The van der Waals surface area contributed by atoms with Gasteiger partial charge in [0.25, 0.3) is 5.56 Å². The SMILES string of the molecule is Cc1ccc(CCn2cnc3cc(NC(=N[C@H]4C[C@H]5C[C@H]([C@H]4C)C5(C)C)N4C[C@@H]5C[C@@H]4CN5)ccc3c2=O)c(F)c1. The Hall–Kier alpha value is -3.26. The molecule has 7 nitrogen and oxygen atoms in total. The number of nitrogens with one attached hydrogen (secondary N) is 2. The minimum absolute atomic E-state index is 0.108. The van der Waals surface area contributed by atoms with Crippen molar-refractivity contribution in [3.05, 3.63) is 70.0 Å². The van der Waals surface area contributed by atoms with E-state index in [0.717, 1.165) is 55.0 Å². The van der Waals surface area contributed by atoms with Crippen molar-refractivity contribution >= 4 is 22.5 Å². The summed E-state index contributed by atoms with van der Waals surface area (Å²) in [5, 5.41) is 7.84. The average molecular weight is 557 g/mol. The molecule has 2 saturated heterocycles. The number of hydrogen-bond donors (Lipinski definition) is 2. The minimum atomic E-state index is -0.231. The van der Waals surface area contributed by atoms with Gasteiger partial charge in [0, 0.05) is 37.4 Å². The van der Waals surface area contributed by atoms with E-state index in [9.17, 15) is 9.18 Å². The van der Waals surface area contributed by atoms with Crippen molar-refractivity contribution in [3.63, 3.8) is 0 Å². The van der Waals surface area contributed by atoms with Gasteiger partial charge < -0.3 is 15.5 Å². The molecule has 8 rings (SSSR count). The number of guanidine groups is 1. The lowest BCUT2D eigenvalue weighted by Gasteiger charge is -2.61.